The van der Waals surface area contributed by atoms with E-state index in [1.54, 1.807) is 12.1 Å². The number of phenolic OH excluding ortho intramolecular Hbond substituents is 1. The van der Waals surface area contributed by atoms with Gasteiger partial charge in [-0.15, -0.1) is 0 Å². The van der Waals surface area contributed by atoms with E-state index in [-0.39, 0.29) is 5.75 Å². The Bertz CT molecular complexity index is 845. The second-order valence-electron chi connectivity index (χ2n) is 6.72. The summed E-state index contributed by atoms with van der Waals surface area (Å²) >= 11 is 0. The molecule has 124 valence electrons. The van der Waals surface area contributed by atoms with Crippen LogP contribution in [0.15, 0.2) is 42.6 Å². The quantitative estimate of drug-likeness (QED) is 0.731. The van der Waals surface area contributed by atoms with E-state index in [1.807, 2.05) is 12.1 Å². The van der Waals surface area contributed by atoms with Gasteiger partial charge in [0.2, 0.25) is 0 Å². The van der Waals surface area contributed by atoms with Crippen LogP contribution in [0.25, 0.3) is 16.9 Å². The Balaban J connectivity index is 1.83. The fourth-order valence-electron chi connectivity index (χ4n) is 3.60. The Morgan fingerprint density at radius 1 is 1.08 bits per heavy atom. The summed E-state index contributed by atoms with van der Waals surface area (Å²) in [4.78, 5) is 4.90. The van der Waals surface area contributed by atoms with Crippen LogP contribution in [0, 0.1) is 6.92 Å². The maximum absolute atomic E-state index is 9.58. The fourth-order valence-corrected chi connectivity index (χ4v) is 3.60. The van der Waals surface area contributed by atoms with Crippen LogP contribution >= 0.6 is 0 Å². The van der Waals surface area contributed by atoms with Crippen LogP contribution in [-0.4, -0.2) is 20.5 Å². The lowest BCUT2D eigenvalue weighted by molar-refractivity contribution is 0.461. The molecule has 1 saturated carbocycles. The van der Waals surface area contributed by atoms with Crippen molar-refractivity contribution in [2.75, 3.05) is 5.32 Å². The van der Waals surface area contributed by atoms with Gasteiger partial charge in [-0.3, -0.25) is 4.40 Å². The summed E-state index contributed by atoms with van der Waals surface area (Å²) in [7, 11) is 0. The zero-order valence-corrected chi connectivity index (χ0v) is 14.0. The number of fused-ring (bicyclic) bond motifs is 1. The third-order valence-electron chi connectivity index (χ3n) is 4.93. The maximum atomic E-state index is 9.58. The topological polar surface area (TPSA) is 49.6 Å². The summed E-state index contributed by atoms with van der Waals surface area (Å²) < 4.78 is 2.16. The average molecular weight is 321 g/mol. The van der Waals surface area contributed by atoms with Crippen molar-refractivity contribution in [2.45, 2.75) is 45.1 Å². The predicted molar refractivity (Wildman–Crippen MR) is 97.5 cm³/mol. The molecule has 4 rings (SSSR count). The number of hydrogen-bond acceptors (Lipinski definition) is 3. The number of nitrogens with one attached hydrogen (secondary N) is 1. The van der Waals surface area contributed by atoms with Gasteiger partial charge >= 0.3 is 0 Å². The maximum Gasteiger partial charge on any atom is 0.142 e. The molecule has 1 aromatic carbocycles. The molecule has 1 aliphatic rings. The number of aromatic hydroxyl groups is 1. The van der Waals surface area contributed by atoms with Crippen LogP contribution in [0.1, 0.15) is 37.7 Å². The highest BCUT2D eigenvalue weighted by Gasteiger charge is 2.20. The Hall–Kier alpha value is -2.49. The highest BCUT2D eigenvalue weighted by molar-refractivity contribution is 5.77. The molecule has 4 nitrogen and oxygen atoms in total. The van der Waals surface area contributed by atoms with Gasteiger partial charge in [0.25, 0.3) is 0 Å². The highest BCUT2D eigenvalue weighted by Crippen LogP contribution is 2.32. The first-order chi connectivity index (χ1) is 11.7. The first kappa shape index (κ1) is 15.1. The largest absolute Gasteiger partial charge is 0.508 e. The van der Waals surface area contributed by atoms with Crippen LogP contribution < -0.4 is 5.32 Å². The molecule has 3 aromatic rings. The van der Waals surface area contributed by atoms with E-state index in [0.717, 1.165) is 28.3 Å². The van der Waals surface area contributed by atoms with Gasteiger partial charge in [-0.05, 0) is 55.7 Å². The van der Waals surface area contributed by atoms with Gasteiger partial charge in [0.15, 0.2) is 0 Å². The van der Waals surface area contributed by atoms with Crippen molar-refractivity contribution >= 4 is 11.5 Å². The summed E-state index contributed by atoms with van der Waals surface area (Å²) in [5.41, 5.74) is 4.12. The van der Waals surface area contributed by atoms with Crippen LogP contribution in [0.4, 0.5) is 5.82 Å². The SMILES string of the molecule is Cc1cccn2c(NC3CCCCC3)c(-c3ccc(O)cc3)nc12. The van der Waals surface area contributed by atoms with Crippen molar-refractivity contribution in [2.24, 2.45) is 0 Å². The lowest BCUT2D eigenvalue weighted by atomic mass is 9.95. The summed E-state index contributed by atoms with van der Waals surface area (Å²) in [5, 5.41) is 13.3. The molecule has 2 aromatic heterocycles. The van der Waals surface area contributed by atoms with Gasteiger partial charge in [0, 0.05) is 17.8 Å². The van der Waals surface area contributed by atoms with E-state index in [2.05, 4.69) is 35.0 Å². The van der Waals surface area contributed by atoms with E-state index >= 15 is 0 Å². The molecule has 1 fully saturated rings. The molecule has 24 heavy (non-hydrogen) atoms. The van der Waals surface area contributed by atoms with Gasteiger partial charge in [-0.2, -0.15) is 0 Å². The van der Waals surface area contributed by atoms with Crippen molar-refractivity contribution in [3.63, 3.8) is 0 Å². The molecular formula is C20H23N3O. The molecular weight excluding hydrogens is 298 g/mol. The normalized spacial score (nSPS) is 15.7. The number of anilines is 1. The van der Waals surface area contributed by atoms with Gasteiger partial charge in [-0.25, -0.2) is 4.98 Å². The molecule has 0 saturated heterocycles. The number of imidazole rings is 1. The molecule has 2 heterocycles. The van der Waals surface area contributed by atoms with E-state index < -0.39 is 0 Å². The standard InChI is InChI=1S/C20H23N3O/c1-14-6-5-13-23-19(14)22-18(15-9-11-17(24)12-10-15)20(23)21-16-7-3-2-4-8-16/h5-6,9-13,16,21,24H,2-4,7-8H2,1H3. The number of pyridine rings is 1. The number of nitrogens with zero attached hydrogens (tertiary/aromatic N) is 2. The summed E-state index contributed by atoms with van der Waals surface area (Å²) in [6.07, 6.45) is 8.44. The Morgan fingerprint density at radius 2 is 1.83 bits per heavy atom. The molecule has 0 radical (unpaired) electrons. The molecule has 4 heteroatoms. The van der Waals surface area contributed by atoms with Gasteiger partial charge in [-0.1, -0.05) is 25.3 Å². The highest BCUT2D eigenvalue weighted by atomic mass is 16.3. The van der Waals surface area contributed by atoms with Crippen LogP contribution in [0.5, 0.6) is 5.75 Å². The predicted octanol–water partition coefficient (Wildman–Crippen LogP) is 4.76. The van der Waals surface area contributed by atoms with Crippen molar-refractivity contribution in [3.05, 3.63) is 48.2 Å². The van der Waals surface area contributed by atoms with E-state index in [1.165, 1.54) is 32.1 Å². The smallest absolute Gasteiger partial charge is 0.142 e. The van der Waals surface area contributed by atoms with Crippen LogP contribution in [0.3, 0.4) is 0 Å². The number of aromatic nitrogens is 2. The minimum absolute atomic E-state index is 0.278. The summed E-state index contributed by atoms with van der Waals surface area (Å²) in [5.74, 6) is 1.34. The molecule has 2 N–H and O–H groups in total. The summed E-state index contributed by atoms with van der Waals surface area (Å²) in [6.45, 7) is 2.09. The van der Waals surface area contributed by atoms with Crippen molar-refractivity contribution < 1.29 is 5.11 Å². The van der Waals surface area contributed by atoms with Crippen molar-refractivity contribution in [1.82, 2.24) is 9.38 Å². The second kappa shape index (κ2) is 6.19. The first-order valence-electron chi connectivity index (χ1n) is 8.76. The number of benzene rings is 1. The second-order valence-corrected chi connectivity index (χ2v) is 6.72. The zero-order chi connectivity index (χ0) is 16.5. The monoisotopic (exact) mass is 321 g/mol. The van der Waals surface area contributed by atoms with Gasteiger partial charge < -0.3 is 10.4 Å². The van der Waals surface area contributed by atoms with Crippen LogP contribution in [-0.2, 0) is 0 Å². The molecule has 0 bridgehead atoms. The molecule has 0 aliphatic heterocycles. The number of hydrogen-bond donors (Lipinski definition) is 2. The molecule has 0 spiro atoms. The van der Waals surface area contributed by atoms with E-state index in [0.29, 0.717) is 6.04 Å². The van der Waals surface area contributed by atoms with E-state index in [4.69, 9.17) is 4.98 Å². The number of rotatable bonds is 3. The average Bonchev–Trinajstić information content (AvgIpc) is 2.97. The Morgan fingerprint density at radius 3 is 2.58 bits per heavy atom. The Labute approximate surface area is 142 Å². The lowest BCUT2D eigenvalue weighted by Gasteiger charge is -2.24. The first-order valence-corrected chi connectivity index (χ1v) is 8.76. The fraction of sp³-hybridized carbons (Fsp3) is 0.350. The molecule has 0 unspecified atom stereocenters. The Kier molecular flexibility index (Phi) is 3.89. The molecule has 1 aliphatic carbocycles. The molecule has 0 amide bonds. The third kappa shape index (κ3) is 2.73. The zero-order valence-electron chi connectivity index (χ0n) is 14.0. The number of phenols is 1. The van der Waals surface area contributed by atoms with Crippen molar-refractivity contribution in [3.8, 4) is 17.0 Å². The van der Waals surface area contributed by atoms with Gasteiger partial charge in [0.05, 0.1) is 0 Å². The third-order valence-corrected chi connectivity index (χ3v) is 4.93. The van der Waals surface area contributed by atoms with Crippen LogP contribution in [0.2, 0.25) is 0 Å². The van der Waals surface area contributed by atoms with E-state index in [9.17, 15) is 5.11 Å². The summed E-state index contributed by atoms with van der Waals surface area (Å²) in [6, 6.07) is 12.0. The minimum atomic E-state index is 0.278. The van der Waals surface area contributed by atoms with Crippen molar-refractivity contribution in [1.29, 1.82) is 0 Å². The minimum Gasteiger partial charge on any atom is -0.508 e. The lowest BCUT2D eigenvalue weighted by Crippen LogP contribution is -2.23. The molecule has 0 atom stereocenters. The van der Waals surface area contributed by atoms with Gasteiger partial charge in [0.1, 0.15) is 22.9 Å². The number of aryl methyl sites for hydroxylation is 1.